The van der Waals surface area contributed by atoms with E-state index in [0.29, 0.717) is 36.9 Å². The van der Waals surface area contributed by atoms with Crippen LogP contribution < -0.4 is 15.5 Å². The number of rotatable bonds is 9. The number of hydrogen-bond donors (Lipinski definition) is 3. The topological polar surface area (TPSA) is 84.9 Å². The molecule has 0 radical (unpaired) electrons. The van der Waals surface area contributed by atoms with E-state index in [2.05, 4.69) is 10.6 Å². The number of amides is 1. The van der Waals surface area contributed by atoms with Crippen LogP contribution in [0.4, 0.5) is 33.3 Å². The lowest BCUT2D eigenvalue weighted by Gasteiger charge is -2.37. The molecule has 0 bridgehead atoms. The number of carbonyl (C=O) groups is 2. The third kappa shape index (κ3) is 7.52. The lowest BCUT2D eigenvalue weighted by Crippen LogP contribution is -2.47. The number of nitrogens with zero attached hydrogens (tertiary/aromatic N) is 2. The lowest BCUT2D eigenvalue weighted by atomic mass is 10.1. The van der Waals surface area contributed by atoms with Gasteiger partial charge in [0.05, 0.1) is 29.9 Å². The van der Waals surface area contributed by atoms with Crippen LogP contribution in [0.3, 0.4) is 0 Å². The molecule has 0 aliphatic carbocycles. The third-order valence-electron chi connectivity index (χ3n) is 5.63. The molecule has 1 aliphatic rings. The van der Waals surface area contributed by atoms with Gasteiger partial charge in [-0.25, -0.2) is 8.78 Å². The summed E-state index contributed by atoms with van der Waals surface area (Å²) < 4.78 is 66.6. The van der Waals surface area contributed by atoms with Crippen molar-refractivity contribution in [3.8, 4) is 0 Å². The van der Waals surface area contributed by atoms with Gasteiger partial charge in [0, 0.05) is 49.9 Å². The molecule has 1 fully saturated rings. The molecule has 1 aliphatic heterocycles. The number of nitrogens with one attached hydrogen (secondary N) is 2. The number of alkyl halides is 3. The molecule has 0 aromatic heterocycles. The molecule has 2 aromatic carbocycles. The molecule has 2 aromatic rings. The maximum Gasteiger partial charge on any atom is 0.390 e. The van der Waals surface area contributed by atoms with E-state index >= 15 is 0 Å². The van der Waals surface area contributed by atoms with Gasteiger partial charge in [0.25, 0.3) is 5.91 Å². The second kappa shape index (κ2) is 11.8. The summed E-state index contributed by atoms with van der Waals surface area (Å²) in [6.45, 7) is 0.695. The van der Waals surface area contributed by atoms with Crippen molar-refractivity contribution in [2.75, 3.05) is 49.5 Å². The minimum absolute atomic E-state index is 0.108. The SMILES string of the molecule is O=C(O)CNCc1ccc(C(=O)Nc2ccc(Cl)cc2N2CCN(CCC(F)(F)F)CC2)c(F)c1F. The predicted molar refractivity (Wildman–Crippen MR) is 124 cm³/mol. The molecule has 36 heavy (non-hydrogen) atoms. The number of aliphatic carboxylic acids is 1. The number of carboxylic acid groups (broad SMARTS) is 1. The summed E-state index contributed by atoms with van der Waals surface area (Å²) in [7, 11) is 0. The first kappa shape index (κ1) is 27.6. The van der Waals surface area contributed by atoms with Crippen LogP contribution in [-0.4, -0.2) is 67.3 Å². The van der Waals surface area contributed by atoms with Crippen LogP contribution in [0, 0.1) is 11.6 Å². The zero-order chi connectivity index (χ0) is 26.5. The van der Waals surface area contributed by atoms with Crippen LogP contribution in [0.1, 0.15) is 22.3 Å². The normalized spacial score (nSPS) is 14.7. The monoisotopic (exact) mass is 534 g/mol. The van der Waals surface area contributed by atoms with Gasteiger partial charge in [0.15, 0.2) is 11.6 Å². The Kier molecular flexibility index (Phi) is 9.09. The Hall–Kier alpha value is -2.96. The van der Waals surface area contributed by atoms with Gasteiger partial charge < -0.3 is 20.6 Å². The summed E-state index contributed by atoms with van der Waals surface area (Å²) in [4.78, 5) is 26.9. The Bertz CT molecular complexity index is 1110. The van der Waals surface area contributed by atoms with Crippen molar-refractivity contribution in [3.63, 3.8) is 0 Å². The van der Waals surface area contributed by atoms with Crippen LogP contribution >= 0.6 is 11.6 Å². The first-order chi connectivity index (χ1) is 16.9. The fourth-order valence-corrected chi connectivity index (χ4v) is 3.93. The highest BCUT2D eigenvalue weighted by molar-refractivity contribution is 6.31. The summed E-state index contributed by atoms with van der Waals surface area (Å²) in [5.74, 6) is -4.72. The van der Waals surface area contributed by atoms with Crippen molar-refractivity contribution in [3.05, 3.63) is 58.1 Å². The summed E-state index contributed by atoms with van der Waals surface area (Å²) in [5, 5.41) is 14.0. The molecule has 13 heteroatoms. The van der Waals surface area contributed by atoms with Crippen molar-refractivity contribution in [1.29, 1.82) is 0 Å². The van der Waals surface area contributed by atoms with Crippen LogP contribution in [0.2, 0.25) is 5.02 Å². The molecule has 0 unspecified atom stereocenters. The van der Waals surface area contributed by atoms with Gasteiger partial charge >= 0.3 is 12.1 Å². The van der Waals surface area contributed by atoms with E-state index < -0.39 is 48.2 Å². The number of halogens is 6. The van der Waals surface area contributed by atoms with E-state index in [1.165, 1.54) is 18.2 Å². The Balaban J connectivity index is 1.70. The molecule has 0 atom stereocenters. The quantitative estimate of drug-likeness (QED) is 0.420. The first-order valence-corrected chi connectivity index (χ1v) is 11.4. The van der Waals surface area contributed by atoms with Crippen LogP contribution in [0.5, 0.6) is 0 Å². The minimum atomic E-state index is -4.23. The molecule has 1 amide bonds. The van der Waals surface area contributed by atoms with Gasteiger partial charge in [0.1, 0.15) is 0 Å². The number of hydrogen-bond acceptors (Lipinski definition) is 5. The first-order valence-electron chi connectivity index (χ1n) is 11.0. The Morgan fingerprint density at radius 2 is 1.72 bits per heavy atom. The maximum atomic E-state index is 14.6. The minimum Gasteiger partial charge on any atom is -0.480 e. The summed E-state index contributed by atoms with van der Waals surface area (Å²) in [6.07, 6.45) is -5.13. The second-order valence-corrected chi connectivity index (χ2v) is 8.64. The highest BCUT2D eigenvalue weighted by Gasteiger charge is 2.29. The van der Waals surface area contributed by atoms with Crippen molar-refractivity contribution in [2.24, 2.45) is 0 Å². The number of carbonyl (C=O) groups excluding carboxylic acids is 1. The average molecular weight is 535 g/mol. The molecule has 1 saturated heterocycles. The number of anilines is 2. The highest BCUT2D eigenvalue weighted by Crippen LogP contribution is 2.31. The van der Waals surface area contributed by atoms with Crippen LogP contribution in [0.25, 0.3) is 0 Å². The maximum absolute atomic E-state index is 14.6. The van der Waals surface area contributed by atoms with E-state index in [4.69, 9.17) is 16.7 Å². The van der Waals surface area contributed by atoms with Gasteiger partial charge in [0.2, 0.25) is 0 Å². The van der Waals surface area contributed by atoms with Crippen molar-refractivity contribution in [1.82, 2.24) is 10.2 Å². The zero-order valence-electron chi connectivity index (χ0n) is 19.0. The third-order valence-corrected chi connectivity index (χ3v) is 5.87. The van der Waals surface area contributed by atoms with Gasteiger partial charge in [-0.1, -0.05) is 17.7 Å². The summed E-state index contributed by atoms with van der Waals surface area (Å²) >= 11 is 6.12. The van der Waals surface area contributed by atoms with Gasteiger partial charge in [-0.15, -0.1) is 0 Å². The molecular formula is C23H24ClF5N4O3. The van der Waals surface area contributed by atoms with E-state index in [1.807, 2.05) is 4.90 Å². The van der Waals surface area contributed by atoms with Crippen molar-refractivity contribution in [2.45, 2.75) is 19.1 Å². The van der Waals surface area contributed by atoms with Gasteiger partial charge in [-0.05, 0) is 24.3 Å². The number of carboxylic acids is 1. The van der Waals surface area contributed by atoms with E-state index in [9.17, 15) is 31.5 Å². The molecule has 0 saturated carbocycles. The summed E-state index contributed by atoms with van der Waals surface area (Å²) in [5.41, 5.74) is 0.0927. The zero-order valence-corrected chi connectivity index (χ0v) is 19.7. The lowest BCUT2D eigenvalue weighted by molar-refractivity contribution is -0.138. The Morgan fingerprint density at radius 1 is 1.03 bits per heavy atom. The summed E-state index contributed by atoms with van der Waals surface area (Å²) in [6, 6.07) is 6.88. The average Bonchev–Trinajstić information content (AvgIpc) is 2.81. The largest absolute Gasteiger partial charge is 0.480 e. The van der Waals surface area contributed by atoms with E-state index in [1.54, 1.807) is 11.0 Å². The highest BCUT2D eigenvalue weighted by atomic mass is 35.5. The molecule has 3 N–H and O–H groups in total. The fourth-order valence-electron chi connectivity index (χ4n) is 3.76. The van der Waals surface area contributed by atoms with Gasteiger partial charge in [-0.3, -0.25) is 14.5 Å². The standard InChI is InChI=1S/C23H24ClF5N4O3/c24-15-2-4-17(18(11-15)33-9-7-32(8-10-33)6-5-23(27,28)29)31-22(36)16-3-1-14(20(25)21(16)26)12-30-13-19(34)35/h1-4,11,30H,5-10,12-13H2,(H,31,36)(H,34,35). The molecular weight excluding hydrogens is 511 g/mol. The van der Waals surface area contributed by atoms with Gasteiger partial charge in [-0.2, -0.15) is 13.2 Å². The van der Waals surface area contributed by atoms with Crippen molar-refractivity contribution >= 4 is 34.9 Å². The molecule has 0 spiro atoms. The number of benzene rings is 2. The molecule has 196 valence electrons. The molecule has 1 heterocycles. The predicted octanol–water partition coefficient (Wildman–Crippen LogP) is 4.12. The Morgan fingerprint density at radius 3 is 2.36 bits per heavy atom. The smallest absolute Gasteiger partial charge is 0.390 e. The van der Waals surface area contributed by atoms with Crippen LogP contribution in [0.15, 0.2) is 30.3 Å². The second-order valence-electron chi connectivity index (χ2n) is 8.21. The molecule has 7 nitrogen and oxygen atoms in total. The van der Waals surface area contributed by atoms with Crippen molar-refractivity contribution < 1.29 is 36.6 Å². The fraction of sp³-hybridized carbons (Fsp3) is 0.391. The Labute approximate surface area is 208 Å². The number of piperazine rings is 1. The van der Waals surface area contributed by atoms with E-state index in [-0.39, 0.29) is 24.3 Å². The van der Waals surface area contributed by atoms with Crippen LogP contribution in [-0.2, 0) is 11.3 Å². The van der Waals surface area contributed by atoms with E-state index in [0.717, 1.165) is 6.07 Å². The molecule has 3 rings (SSSR count).